The van der Waals surface area contributed by atoms with Gasteiger partial charge in [0.15, 0.2) is 0 Å². The van der Waals surface area contributed by atoms with E-state index < -0.39 is 10.0 Å². The van der Waals surface area contributed by atoms with Crippen molar-refractivity contribution in [2.45, 2.75) is 37.9 Å². The van der Waals surface area contributed by atoms with Crippen molar-refractivity contribution in [3.63, 3.8) is 0 Å². The number of nitrogens with one attached hydrogen (secondary N) is 1. The molecule has 0 aromatic heterocycles. The zero-order valence-electron chi connectivity index (χ0n) is 15.3. The van der Waals surface area contributed by atoms with Gasteiger partial charge in [0.2, 0.25) is 15.9 Å². The molecule has 3 fully saturated rings. The van der Waals surface area contributed by atoms with Crippen LogP contribution in [0.2, 0.25) is 0 Å². The standard InChI is InChI=1S/C19H26N2O4S/c1-13-5-3-4-6-14(13)9-18(22)21-11-16-15(10-20-26(2,23)24)17-7-8-19(16,12-21)25-17/h3-6,15-17,20H,7-12H2,1-2H3/t15-,16+,17+,19+/m0/s1. The van der Waals surface area contributed by atoms with Crippen molar-refractivity contribution in [2.24, 2.45) is 11.8 Å². The molecule has 3 aliphatic heterocycles. The first-order chi connectivity index (χ1) is 12.3. The van der Waals surface area contributed by atoms with Crippen molar-refractivity contribution in [2.75, 3.05) is 25.9 Å². The third-order valence-corrected chi connectivity index (χ3v) is 7.01. The molecule has 2 bridgehead atoms. The zero-order chi connectivity index (χ0) is 18.5. The molecule has 0 radical (unpaired) electrons. The minimum absolute atomic E-state index is 0.114. The molecule has 7 heteroatoms. The van der Waals surface area contributed by atoms with Crippen LogP contribution >= 0.6 is 0 Å². The maximum absolute atomic E-state index is 12.9. The molecule has 1 aromatic carbocycles. The second-order valence-electron chi connectivity index (χ2n) is 8.03. The van der Waals surface area contributed by atoms with Gasteiger partial charge in [-0.25, -0.2) is 13.1 Å². The third kappa shape index (κ3) is 3.17. The Morgan fingerprint density at radius 3 is 2.88 bits per heavy atom. The Labute approximate surface area is 155 Å². The molecule has 6 nitrogen and oxygen atoms in total. The number of carbonyl (C=O) groups excluding carboxylic acids is 1. The van der Waals surface area contributed by atoms with Crippen LogP contribution in [0.1, 0.15) is 24.0 Å². The highest BCUT2D eigenvalue weighted by molar-refractivity contribution is 7.88. The third-order valence-electron chi connectivity index (χ3n) is 6.32. The fourth-order valence-electron chi connectivity index (χ4n) is 4.98. The van der Waals surface area contributed by atoms with Gasteiger partial charge in [0.25, 0.3) is 0 Å². The summed E-state index contributed by atoms with van der Waals surface area (Å²) >= 11 is 0. The number of hydrogen-bond donors (Lipinski definition) is 1. The fourth-order valence-corrected chi connectivity index (χ4v) is 5.48. The molecular formula is C19H26N2O4S. The summed E-state index contributed by atoms with van der Waals surface area (Å²) in [4.78, 5) is 14.8. The Morgan fingerprint density at radius 1 is 1.38 bits per heavy atom. The van der Waals surface area contributed by atoms with E-state index in [0.29, 0.717) is 26.1 Å². The van der Waals surface area contributed by atoms with Crippen LogP contribution in [0.5, 0.6) is 0 Å². The minimum Gasteiger partial charge on any atom is -0.369 e. The molecule has 1 aromatic rings. The van der Waals surface area contributed by atoms with Gasteiger partial charge in [0, 0.05) is 24.9 Å². The second-order valence-corrected chi connectivity index (χ2v) is 9.86. The highest BCUT2D eigenvalue weighted by Crippen LogP contribution is 2.54. The van der Waals surface area contributed by atoms with Crippen LogP contribution in [0.25, 0.3) is 0 Å². The summed E-state index contributed by atoms with van der Waals surface area (Å²) in [5.74, 6) is 0.496. The first-order valence-electron chi connectivity index (χ1n) is 9.22. The van der Waals surface area contributed by atoms with Crippen molar-refractivity contribution < 1.29 is 17.9 Å². The summed E-state index contributed by atoms with van der Waals surface area (Å²) in [6.07, 6.45) is 3.62. The molecule has 26 heavy (non-hydrogen) atoms. The van der Waals surface area contributed by atoms with Crippen LogP contribution in [-0.4, -0.2) is 56.8 Å². The van der Waals surface area contributed by atoms with Gasteiger partial charge in [-0.2, -0.15) is 0 Å². The van der Waals surface area contributed by atoms with E-state index in [-0.39, 0.29) is 29.4 Å². The van der Waals surface area contributed by atoms with Gasteiger partial charge >= 0.3 is 0 Å². The topological polar surface area (TPSA) is 75.7 Å². The molecule has 142 valence electrons. The number of nitrogens with zero attached hydrogens (tertiary/aromatic N) is 1. The number of likely N-dealkylation sites (tertiary alicyclic amines) is 1. The Hall–Kier alpha value is -1.44. The highest BCUT2D eigenvalue weighted by atomic mass is 32.2. The number of benzene rings is 1. The number of fused-ring (bicyclic) bond motifs is 1. The molecule has 0 saturated carbocycles. The molecule has 0 unspecified atom stereocenters. The van der Waals surface area contributed by atoms with E-state index in [1.807, 2.05) is 36.1 Å². The summed E-state index contributed by atoms with van der Waals surface area (Å²) < 4.78 is 31.9. The van der Waals surface area contributed by atoms with Crippen molar-refractivity contribution in [3.8, 4) is 0 Å². The molecule has 1 N–H and O–H groups in total. The van der Waals surface area contributed by atoms with Crippen LogP contribution in [0.15, 0.2) is 24.3 Å². The fraction of sp³-hybridized carbons (Fsp3) is 0.632. The maximum Gasteiger partial charge on any atom is 0.227 e. The lowest BCUT2D eigenvalue weighted by molar-refractivity contribution is -0.131. The van der Waals surface area contributed by atoms with Crippen LogP contribution in [-0.2, 0) is 26.0 Å². The number of aryl methyl sites for hydroxylation is 1. The number of rotatable bonds is 5. The second kappa shape index (κ2) is 6.32. The number of sulfonamides is 1. The van der Waals surface area contributed by atoms with E-state index in [4.69, 9.17) is 4.74 Å². The molecule has 4 rings (SSSR count). The SMILES string of the molecule is Cc1ccccc1CC(=O)N1C[C@@H]2[C@H](CNS(C)(=O)=O)[C@H]3CC[C@]2(C1)O3. The van der Waals surface area contributed by atoms with E-state index in [0.717, 1.165) is 24.0 Å². The molecular weight excluding hydrogens is 352 g/mol. The van der Waals surface area contributed by atoms with Gasteiger partial charge < -0.3 is 9.64 Å². The van der Waals surface area contributed by atoms with Gasteiger partial charge in [-0.1, -0.05) is 24.3 Å². The highest BCUT2D eigenvalue weighted by Gasteiger charge is 2.63. The largest absolute Gasteiger partial charge is 0.369 e. The van der Waals surface area contributed by atoms with E-state index >= 15 is 0 Å². The lowest BCUT2D eigenvalue weighted by atomic mass is 9.74. The maximum atomic E-state index is 12.9. The lowest BCUT2D eigenvalue weighted by Crippen LogP contribution is -2.41. The number of hydrogen-bond acceptors (Lipinski definition) is 4. The summed E-state index contributed by atoms with van der Waals surface area (Å²) in [6.45, 7) is 3.72. The number of carbonyl (C=O) groups is 1. The summed E-state index contributed by atoms with van der Waals surface area (Å²) in [5, 5.41) is 0. The normalized spacial score (nSPS) is 32.8. The predicted molar refractivity (Wildman–Crippen MR) is 98.1 cm³/mol. The quantitative estimate of drug-likeness (QED) is 0.832. The molecule has 3 aliphatic rings. The predicted octanol–water partition coefficient (Wildman–Crippen LogP) is 1.09. The van der Waals surface area contributed by atoms with Crippen molar-refractivity contribution in [1.29, 1.82) is 0 Å². The van der Waals surface area contributed by atoms with Gasteiger partial charge in [0.05, 0.1) is 30.9 Å². The van der Waals surface area contributed by atoms with Gasteiger partial charge in [-0.15, -0.1) is 0 Å². The minimum atomic E-state index is -3.22. The molecule has 4 atom stereocenters. The monoisotopic (exact) mass is 378 g/mol. The number of ether oxygens (including phenoxy) is 1. The van der Waals surface area contributed by atoms with Crippen LogP contribution < -0.4 is 4.72 Å². The zero-order valence-corrected chi connectivity index (χ0v) is 16.1. The van der Waals surface area contributed by atoms with Crippen molar-refractivity contribution in [1.82, 2.24) is 9.62 Å². The average Bonchev–Trinajstić information content (AvgIpc) is 3.22. The van der Waals surface area contributed by atoms with Crippen molar-refractivity contribution in [3.05, 3.63) is 35.4 Å². The van der Waals surface area contributed by atoms with Crippen LogP contribution in [0.3, 0.4) is 0 Å². The van der Waals surface area contributed by atoms with E-state index in [2.05, 4.69) is 4.72 Å². The van der Waals surface area contributed by atoms with E-state index in [9.17, 15) is 13.2 Å². The molecule has 3 heterocycles. The van der Waals surface area contributed by atoms with Crippen LogP contribution in [0, 0.1) is 18.8 Å². The van der Waals surface area contributed by atoms with Crippen molar-refractivity contribution >= 4 is 15.9 Å². The molecule has 0 aliphatic carbocycles. The summed E-state index contributed by atoms with van der Waals surface area (Å²) in [5.41, 5.74) is 1.92. The van der Waals surface area contributed by atoms with E-state index in [1.165, 1.54) is 6.26 Å². The van der Waals surface area contributed by atoms with Gasteiger partial charge in [-0.3, -0.25) is 4.79 Å². The lowest BCUT2D eigenvalue weighted by Gasteiger charge is -2.29. The first-order valence-corrected chi connectivity index (χ1v) is 11.1. The molecule has 3 saturated heterocycles. The Morgan fingerprint density at radius 2 is 2.15 bits per heavy atom. The molecule has 1 amide bonds. The Bertz CT molecular complexity index is 825. The van der Waals surface area contributed by atoms with Gasteiger partial charge in [-0.05, 0) is 30.9 Å². The van der Waals surface area contributed by atoms with Gasteiger partial charge in [0.1, 0.15) is 0 Å². The smallest absolute Gasteiger partial charge is 0.227 e. The number of amides is 1. The summed E-state index contributed by atoms with van der Waals surface area (Å²) in [7, 11) is -3.22. The Balaban J connectivity index is 1.46. The van der Waals surface area contributed by atoms with E-state index in [1.54, 1.807) is 0 Å². The summed E-state index contributed by atoms with van der Waals surface area (Å²) in [6, 6.07) is 7.97. The first kappa shape index (κ1) is 17.9. The average molecular weight is 378 g/mol. The Kier molecular flexibility index (Phi) is 4.36. The molecule has 1 spiro atoms. The van der Waals surface area contributed by atoms with Crippen LogP contribution in [0.4, 0.5) is 0 Å².